The summed E-state index contributed by atoms with van der Waals surface area (Å²) in [6.45, 7) is 0. The van der Waals surface area contributed by atoms with Crippen LogP contribution in [-0.2, 0) is 17.6 Å². The van der Waals surface area contributed by atoms with Gasteiger partial charge in [0.2, 0.25) is 5.91 Å². The zero-order valence-corrected chi connectivity index (χ0v) is 18.7. The molecule has 0 radical (unpaired) electrons. The lowest BCUT2D eigenvalue weighted by atomic mass is 9.86. The van der Waals surface area contributed by atoms with Gasteiger partial charge in [0.25, 0.3) is 5.56 Å². The molecule has 1 atom stereocenters. The summed E-state index contributed by atoms with van der Waals surface area (Å²) in [5.41, 5.74) is 1.25. The lowest BCUT2D eigenvalue weighted by Crippen LogP contribution is -2.33. The van der Waals surface area contributed by atoms with Crippen LogP contribution in [0.4, 0.5) is 10.2 Å². The molecule has 2 heterocycles. The number of nitrogens with zero attached hydrogens (tertiary/aromatic N) is 2. The Labute approximate surface area is 188 Å². The van der Waals surface area contributed by atoms with Crippen molar-refractivity contribution >= 4 is 23.5 Å². The van der Waals surface area contributed by atoms with Crippen molar-refractivity contribution in [2.45, 2.75) is 23.2 Å². The van der Waals surface area contributed by atoms with E-state index < -0.39 is 11.5 Å². The highest BCUT2D eigenvalue weighted by molar-refractivity contribution is 7.98. The summed E-state index contributed by atoms with van der Waals surface area (Å²) in [5, 5.41) is 3.20. The van der Waals surface area contributed by atoms with Gasteiger partial charge in [-0.15, -0.1) is 0 Å². The molecule has 0 saturated heterocycles. The largest absolute Gasteiger partial charge is 0.493 e. The number of thioether (sulfide) groups is 1. The van der Waals surface area contributed by atoms with Crippen molar-refractivity contribution in [1.29, 1.82) is 0 Å². The summed E-state index contributed by atoms with van der Waals surface area (Å²) >= 11 is 1.23. The van der Waals surface area contributed by atoms with E-state index in [1.54, 1.807) is 49.1 Å². The molecule has 32 heavy (non-hydrogen) atoms. The van der Waals surface area contributed by atoms with E-state index in [1.807, 2.05) is 6.07 Å². The van der Waals surface area contributed by atoms with Crippen molar-refractivity contribution in [2.75, 3.05) is 19.5 Å². The average Bonchev–Trinajstić information content (AvgIpc) is 2.80. The van der Waals surface area contributed by atoms with Crippen molar-refractivity contribution in [1.82, 2.24) is 9.55 Å². The molecule has 4 rings (SSSR count). The van der Waals surface area contributed by atoms with E-state index in [2.05, 4.69) is 10.3 Å². The summed E-state index contributed by atoms with van der Waals surface area (Å²) in [7, 11) is 4.80. The van der Waals surface area contributed by atoms with Gasteiger partial charge in [-0.3, -0.25) is 9.59 Å². The van der Waals surface area contributed by atoms with E-state index in [4.69, 9.17) is 9.47 Å². The van der Waals surface area contributed by atoms with Crippen molar-refractivity contribution in [3.63, 3.8) is 0 Å². The van der Waals surface area contributed by atoms with Crippen LogP contribution < -0.4 is 20.3 Å². The molecule has 166 valence electrons. The maximum absolute atomic E-state index is 14.0. The highest BCUT2D eigenvalue weighted by Crippen LogP contribution is 2.39. The molecule has 1 aliphatic rings. The average molecular weight is 456 g/mol. The zero-order valence-electron chi connectivity index (χ0n) is 17.8. The van der Waals surface area contributed by atoms with E-state index in [9.17, 15) is 14.0 Å². The predicted molar refractivity (Wildman–Crippen MR) is 120 cm³/mol. The molecule has 7 nitrogen and oxygen atoms in total. The normalized spacial score (nSPS) is 15.1. The number of aromatic nitrogens is 2. The summed E-state index contributed by atoms with van der Waals surface area (Å²) in [4.78, 5) is 29.8. The number of carbonyl (C=O) groups excluding carboxylic acids is 1. The summed E-state index contributed by atoms with van der Waals surface area (Å²) in [6.07, 6.45) is 0.112. The van der Waals surface area contributed by atoms with Gasteiger partial charge >= 0.3 is 0 Å². The van der Waals surface area contributed by atoms with Gasteiger partial charge in [-0.25, -0.2) is 4.39 Å². The molecule has 1 aliphatic heterocycles. The number of ether oxygens (including phenoxy) is 2. The van der Waals surface area contributed by atoms with Gasteiger partial charge in [0.05, 0.1) is 19.8 Å². The highest BCUT2D eigenvalue weighted by Gasteiger charge is 2.32. The lowest BCUT2D eigenvalue weighted by Gasteiger charge is -2.28. The number of methoxy groups -OCH3 is 2. The van der Waals surface area contributed by atoms with Gasteiger partial charge in [0, 0.05) is 25.1 Å². The quantitative estimate of drug-likeness (QED) is 0.451. The van der Waals surface area contributed by atoms with Crippen molar-refractivity contribution < 1.29 is 18.7 Å². The molecule has 1 amide bonds. The molecule has 0 saturated carbocycles. The molecule has 0 unspecified atom stereocenters. The van der Waals surface area contributed by atoms with Crippen molar-refractivity contribution in [3.05, 3.63) is 75.3 Å². The first-order valence-corrected chi connectivity index (χ1v) is 10.9. The fourth-order valence-electron chi connectivity index (χ4n) is 3.78. The maximum Gasteiger partial charge on any atom is 0.279 e. The van der Waals surface area contributed by atoms with Gasteiger partial charge in [-0.2, -0.15) is 4.98 Å². The minimum atomic E-state index is -0.477. The van der Waals surface area contributed by atoms with E-state index in [1.165, 1.54) is 24.9 Å². The Hall–Kier alpha value is -3.33. The minimum absolute atomic E-state index is 0.112. The summed E-state index contributed by atoms with van der Waals surface area (Å²) in [5.74, 6) is 0.779. The Morgan fingerprint density at radius 3 is 2.62 bits per heavy atom. The van der Waals surface area contributed by atoms with Gasteiger partial charge < -0.3 is 19.4 Å². The number of hydrogen-bond donors (Lipinski definition) is 1. The first-order chi connectivity index (χ1) is 15.4. The fourth-order valence-corrected chi connectivity index (χ4v) is 4.73. The molecule has 0 aliphatic carbocycles. The lowest BCUT2D eigenvalue weighted by molar-refractivity contribution is -0.116. The molecule has 1 aromatic heterocycles. The highest BCUT2D eigenvalue weighted by atomic mass is 32.2. The van der Waals surface area contributed by atoms with Crippen LogP contribution in [0.1, 0.15) is 29.0 Å². The Morgan fingerprint density at radius 1 is 1.16 bits per heavy atom. The number of fused-ring (bicyclic) bond motifs is 1. The third-order valence-electron chi connectivity index (χ3n) is 5.43. The van der Waals surface area contributed by atoms with Crippen molar-refractivity contribution in [2.24, 2.45) is 7.05 Å². The fraction of sp³-hybridized carbons (Fsp3) is 0.261. The van der Waals surface area contributed by atoms with Crippen LogP contribution in [0.3, 0.4) is 0 Å². The summed E-state index contributed by atoms with van der Waals surface area (Å²) < 4.78 is 26.3. The monoisotopic (exact) mass is 455 g/mol. The van der Waals surface area contributed by atoms with E-state index in [-0.39, 0.29) is 18.1 Å². The molecule has 0 bridgehead atoms. The smallest absolute Gasteiger partial charge is 0.279 e. The second-order valence-corrected chi connectivity index (χ2v) is 8.26. The van der Waals surface area contributed by atoms with E-state index >= 15 is 0 Å². The number of carbonyl (C=O) groups is 1. The Morgan fingerprint density at radius 2 is 1.91 bits per heavy atom. The molecule has 0 fully saturated rings. The Kier molecular flexibility index (Phi) is 6.18. The predicted octanol–water partition coefficient (Wildman–Crippen LogP) is 3.70. The maximum atomic E-state index is 14.0. The van der Waals surface area contributed by atoms with Gasteiger partial charge in [-0.1, -0.05) is 36.0 Å². The van der Waals surface area contributed by atoms with Crippen LogP contribution in [0.15, 0.2) is 52.4 Å². The van der Waals surface area contributed by atoms with Gasteiger partial charge in [0.1, 0.15) is 11.6 Å². The molecule has 0 spiro atoms. The van der Waals surface area contributed by atoms with Crippen LogP contribution in [0.2, 0.25) is 0 Å². The first kappa shape index (κ1) is 21.9. The molecular formula is C23H22FN3O4S. The van der Waals surface area contributed by atoms with E-state index in [0.717, 1.165) is 5.56 Å². The summed E-state index contributed by atoms with van der Waals surface area (Å²) in [6, 6.07) is 11.8. The molecule has 9 heteroatoms. The van der Waals surface area contributed by atoms with Crippen LogP contribution >= 0.6 is 11.8 Å². The van der Waals surface area contributed by atoms with Crippen molar-refractivity contribution in [3.8, 4) is 11.5 Å². The number of rotatable bonds is 6. The second kappa shape index (κ2) is 9.04. The topological polar surface area (TPSA) is 82.5 Å². The van der Waals surface area contributed by atoms with Gasteiger partial charge in [0.15, 0.2) is 16.7 Å². The number of benzene rings is 2. The molecule has 1 N–H and O–H groups in total. The minimum Gasteiger partial charge on any atom is -0.493 e. The zero-order chi connectivity index (χ0) is 22.8. The molecule has 2 aromatic carbocycles. The van der Waals surface area contributed by atoms with Crippen LogP contribution in [0.5, 0.6) is 11.5 Å². The standard InChI is InChI=1S/C23H22FN3O4S/c1-27-21-20(22(29)26-23(27)32-12-14-6-4-5-7-16(14)24)15(11-19(28)25-21)13-8-9-17(30-2)18(10-13)31-3/h4-10,15H,11-12H2,1-3H3,(H,25,28)/t15-/m1/s1. The third kappa shape index (κ3) is 4.08. The number of anilines is 1. The molecule has 3 aromatic rings. The SMILES string of the molecule is COc1ccc([C@H]2CC(=O)Nc3c2c(=O)nc(SCc2ccccc2F)n3C)cc1OC. The first-order valence-electron chi connectivity index (χ1n) is 9.91. The van der Waals surface area contributed by atoms with Gasteiger partial charge in [-0.05, 0) is 29.3 Å². The van der Waals surface area contributed by atoms with Crippen LogP contribution in [0.25, 0.3) is 0 Å². The second-order valence-electron chi connectivity index (χ2n) is 7.32. The number of hydrogen-bond acceptors (Lipinski definition) is 6. The Balaban J connectivity index is 1.73. The van der Waals surface area contributed by atoms with Crippen LogP contribution in [-0.4, -0.2) is 29.7 Å². The number of halogens is 1. The third-order valence-corrected chi connectivity index (χ3v) is 6.50. The molecular weight excluding hydrogens is 433 g/mol. The van der Waals surface area contributed by atoms with E-state index in [0.29, 0.717) is 39.4 Å². The van der Waals surface area contributed by atoms with Crippen LogP contribution in [0, 0.1) is 5.82 Å². The Bertz CT molecular complexity index is 1240. The number of nitrogens with one attached hydrogen (secondary N) is 1. The number of amides is 1.